The standard InChI is InChI=1S/C15H21N3O/c1-18-6-2-3-14(10-18)17-15(19)11-4-5-12-8-16-9-13(12)7-11/h4-5,7,14,16H,2-3,6,8-10H2,1H3,(H,17,19). The fraction of sp³-hybridized carbons (Fsp3) is 0.533. The second-order valence-corrected chi connectivity index (χ2v) is 5.66. The number of nitrogens with one attached hydrogen (secondary N) is 2. The van der Waals surface area contributed by atoms with E-state index in [2.05, 4.69) is 28.6 Å². The number of amides is 1. The van der Waals surface area contributed by atoms with Gasteiger partial charge in [-0.15, -0.1) is 0 Å². The highest BCUT2D eigenvalue weighted by molar-refractivity contribution is 5.94. The molecular weight excluding hydrogens is 238 g/mol. The van der Waals surface area contributed by atoms with Crippen LogP contribution in [0.4, 0.5) is 0 Å². The molecule has 4 nitrogen and oxygen atoms in total. The Kier molecular flexibility index (Phi) is 3.53. The number of carbonyl (C=O) groups excluding carboxylic acids is 1. The summed E-state index contributed by atoms with van der Waals surface area (Å²) in [7, 11) is 2.11. The fourth-order valence-corrected chi connectivity index (χ4v) is 2.99. The maximum Gasteiger partial charge on any atom is 0.251 e. The Morgan fingerprint density at radius 2 is 2.21 bits per heavy atom. The van der Waals surface area contributed by atoms with Crippen molar-refractivity contribution in [2.24, 2.45) is 0 Å². The second-order valence-electron chi connectivity index (χ2n) is 5.66. The van der Waals surface area contributed by atoms with E-state index in [-0.39, 0.29) is 11.9 Å². The molecule has 2 N–H and O–H groups in total. The molecule has 2 aliphatic heterocycles. The van der Waals surface area contributed by atoms with Crippen LogP contribution in [0.25, 0.3) is 0 Å². The van der Waals surface area contributed by atoms with Crippen molar-refractivity contribution in [1.29, 1.82) is 0 Å². The van der Waals surface area contributed by atoms with Crippen LogP contribution in [0, 0.1) is 0 Å². The van der Waals surface area contributed by atoms with Gasteiger partial charge in [0.05, 0.1) is 0 Å². The highest BCUT2D eigenvalue weighted by Gasteiger charge is 2.20. The second kappa shape index (κ2) is 5.31. The minimum Gasteiger partial charge on any atom is -0.348 e. The van der Waals surface area contributed by atoms with Crippen molar-refractivity contribution in [2.75, 3.05) is 20.1 Å². The first-order valence-electron chi connectivity index (χ1n) is 7.04. The van der Waals surface area contributed by atoms with Gasteiger partial charge in [-0.1, -0.05) is 6.07 Å². The van der Waals surface area contributed by atoms with Crippen LogP contribution in [0.2, 0.25) is 0 Å². The molecule has 1 aromatic carbocycles. The number of rotatable bonds is 2. The van der Waals surface area contributed by atoms with Gasteiger partial charge in [-0.2, -0.15) is 0 Å². The Balaban J connectivity index is 1.67. The Morgan fingerprint density at radius 3 is 3.05 bits per heavy atom. The van der Waals surface area contributed by atoms with Crippen LogP contribution in [0.3, 0.4) is 0 Å². The first-order chi connectivity index (χ1) is 9.22. The van der Waals surface area contributed by atoms with E-state index < -0.39 is 0 Å². The Labute approximate surface area is 114 Å². The number of hydrogen-bond acceptors (Lipinski definition) is 3. The zero-order valence-corrected chi connectivity index (χ0v) is 11.4. The van der Waals surface area contributed by atoms with E-state index in [0.29, 0.717) is 0 Å². The van der Waals surface area contributed by atoms with Crippen molar-refractivity contribution < 1.29 is 4.79 Å². The molecule has 0 spiro atoms. The van der Waals surface area contributed by atoms with Crippen LogP contribution >= 0.6 is 0 Å². The highest BCUT2D eigenvalue weighted by atomic mass is 16.1. The molecule has 2 aliphatic rings. The smallest absolute Gasteiger partial charge is 0.251 e. The predicted octanol–water partition coefficient (Wildman–Crippen LogP) is 1.11. The zero-order chi connectivity index (χ0) is 13.2. The number of fused-ring (bicyclic) bond motifs is 1. The quantitative estimate of drug-likeness (QED) is 0.836. The van der Waals surface area contributed by atoms with Gasteiger partial charge in [-0.25, -0.2) is 0 Å². The van der Waals surface area contributed by atoms with Crippen molar-refractivity contribution in [3.05, 3.63) is 34.9 Å². The van der Waals surface area contributed by atoms with Crippen molar-refractivity contribution >= 4 is 5.91 Å². The van der Waals surface area contributed by atoms with Gasteiger partial charge in [-0.05, 0) is 49.7 Å². The van der Waals surface area contributed by atoms with Gasteiger partial charge in [0.2, 0.25) is 0 Å². The largest absolute Gasteiger partial charge is 0.348 e. The third-order valence-electron chi connectivity index (χ3n) is 4.06. The maximum absolute atomic E-state index is 12.3. The lowest BCUT2D eigenvalue weighted by Gasteiger charge is -2.30. The lowest BCUT2D eigenvalue weighted by molar-refractivity contribution is 0.0912. The van der Waals surface area contributed by atoms with Crippen molar-refractivity contribution in [1.82, 2.24) is 15.5 Å². The van der Waals surface area contributed by atoms with Crippen molar-refractivity contribution in [3.63, 3.8) is 0 Å². The monoisotopic (exact) mass is 259 g/mol. The Morgan fingerprint density at radius 1 is 1.37 bits per heavy atom. The van der Waals surface area contributed by atoms with Crippen LogP contribution in [0.5, 0.6) is 0 Å². The van der Waals surface area contributed by atoms with Crippen molar-refractivity contribution in [3.8, 4) is 0 Å². The van der Waals surface area contributed by atoms with E-state index in [1.807, 2.05) is 12.1 Å². The van der Waals surface area contributed by atoms with E-state index in [1.165, 1.54) is 11.1 Å². The molecule has 1 amide bonds. The third-order valence-corrected chi connectivity index (χ3v) is 4.06. The molecule has 0 saturated carbocycles. The average molecular weight is 259 g/mol. The Bertz CT molecular complexity index is 486. The summed E-state index contributed by atoms with van der Waals surface area (Å²) in [6.45, 7) is 3.89. The molecule has 19 heavy (non-hydrogen) atoms. The first kappa shape index (κ1) is 12.6. The van der Waals surface area contributed by atoms with E-state index >= 15 is 0 Å². The van der Waals surface area contributed by atoms with Gasteiger partial charge < -0.3 is 15.5 Å². The molecule has 1 aromatic rings. The van der Waals surface area contributed by atoms with Crippen LogP contribution < -0.4 is 10.6 Å². The molecule has 0 radical (unpaired) electrons. The number of carbonyl (C=O) groups is 1. The molecule has 0 aliphatic carbocycles. The highest BCUT2D eigenvalue weighted by Crippen LogP contribution is 2.17. The average Bonchev–Trinajstić information content (AvgIpc) is 2.85. The summed E-state index contributed by atoms with van der Waals surface area (Å²) in [5.41, 5.74) is 3.36. The van der Waals surface area contributed by atoms with Gasteiger partial charge in [0, 0.05) is 31.2 Å². The number of benzene rings is 1. The summed E-state index contributed by atoms with van der Waals surface area (Å²) in [4.78, 5) is 14.5. The van der Waals surface area contributed by atoms with Gasteiger partial charge >= 0.3 is 0 Å². The van der Waals surface area contributed by atoms with E-state index in [1.54, 1.807) is 0 Å². The SMILES string of the molecule is CN1CCCC(NC(=O)c2ccc3c(c2)CNC3)C1. The summed E-state index contributed by atoms with van der Waals surface area (Å²) >= 11 is 0. The molecule has 1 unspecified atom stereocenters. The molecule has 1 saturated heterocycles. The van der Waals surface area contributed by atoms with Gasteiger partial charge in [0.25, 0.3) is 5.91 Å². The normalized spacial score (nSPS) is 23.1. The molecule has 4 heteroatoms. The van der Waals surface area contributed by atoms with Crippen LogP contribution in [-0.2, 0) is 13.1 Å². The Hall–Kier alpha value is -1.39. The van der Waals surface area contributed by atoms with Crippen LogP contribution in [0.15, 0.2) is 18.2 Å². The summed E-state index contributed by atoms with van der Waals surface area (Å²) < 4.78 is 0. The molecule has 0 bridgehead atoms. The number of piperidine rings is 1. The number of hydrogen-bond donors (Lipinski definition) is 2. The lowest BCUT2D eigenvalue weighted by Crippen LogP contribution is -2.46. The first-order valence-corrected chi connectivity index (χ1v) is 7.04. The summed E-state index contributed by atoms with van der Waals surface area (Å²) in [5.74, 6) is 0.0648. The number of nitrogens with zero attached hydrogens (tertiary/aromatic N) is 1. The minimum atomic E-state index is 0.0648. The predicted molar refractivity (Wildman–Crippen MR) is 75.0 cm³/mol. The van der Waals surface area contributed by atoms with Gasteiger partial charge in [-0.3, -0.25) is 4.79 Å². The minimum absolute atomic E-state index is 0.0648. The summed E-state index contributed by atoms with van der Waals surface area (Å²) in [5, 5.41) is 6.46. The molecule has 3 rings (SSSR count). The van der Waals surface area contributed by atoms with Gasteiger partial charge in [0.15, 0.2) is 0 Å². The van der Waals surface area contributed by atoms with E-state index in [0.717, 1.165) is 44.6 Å². The zero-order valence-electron chi connectivity index (χ0n) is 11.4. The lowest BCUT2D eigenvalue weighted by atomic mass is 10.0. The van der Waals surface area contributed by atoms with Gasteiger partial charge in [0.1, 0.15) is 0 Å². The topological polar surface area (TPSA) is 44.4 Å². The van der Waals surface area contributed by atoms with Crippen LogP contribution in [0.1, 0.15) is 34.3 Å². The molecule has 1 atom stereocenters. The molecular formula is C15H21N3O. The maximum atomic E-state index is 12.3. The summed E-state index contributed by atoms with van der Waals surface area (Å²) in [6.07, 6.45) is 2.25. The van der Waals surface area contributed by atoms with E-state index in [4.69, 9.17) is 0 Å². The number of likely N-dealkylation sites (tertiary alicyclic amines) is 1. The van der Waals surface area contributed by atoms with Crippen LogP contribution in [-0.4, -0.2) is 37.0 Å². The fourth-order valence-electron chi connectivity index (χ4n) is 2.99. The third kappa shape index (κ3) is 2.80. The molecule has 0 aromatic heterocycles. The molecule has 2 heterocycles. The molecule has 102 valence electrons. The molecule has 1 fully saturated rings. The summed E-state index contributed by atoms with van der Waals surface area (Å²) in [6, 6.07) is 6.32. The van der Waals surface area contributed by atoms with E-state index in [9.17, 15) is 4.79 Å². The number of likely N-dealkylation sites (N-methyl/N-ethyl adjacent to an activating group) is 1. The van der Waals surface area contributed by atoms with Crippen molar-refractivity contribution in [2.45, 2.75) is 32.0 Å².